The molecule has 4 aliphatic rings. The topological polar surface area (TPSA) is 37.3 Å². The minimum Gasteiger partial charge on any atom is -0.377 e. The van der Waals surface area contributed by atoms with E-state index in [1.165, 1.54) is 11.1 Å². The van der Waals surface area contributed by atoms with Crippen LogP contribution in [-0.4, -0.2) is 16.5 Å². The van der Waals surface area contributed by atoms with E-state index in [-0.39, 0.29) is 5.41 Å². The molecule has 4 rings (SSSR count). The molecule has 0 heterocycles. The second-order valence-electron chi connectivity index (χ2n) is 8.46. The maximum atomic E-state index is 11.8. The lowest BCUT2D eigenvalue weighted by atomic mass is 9.49. The van der Waals surface area contributed by atoms with E-state index in [0.29, 0.717) is 42.3 Å². The van der Waals surface area contributed by atoms with Gasteiger partial charge in [-0.3, -0.25) is 4.79 Å². The van der Waals surface area contributed by atoms with Gasteiger partial charge in [-0.2, -0.15) is 0 Å². The third-order valence-electron chi connectivity index (χ3n) is 7.59. The average Bonchev–Trinajstić information content (AvgIpc) is 2.78. The lowest BCUT2D eigenvalue weighted by Gasteiger charge is -2.55. The minimum atomic E-state index is -0.982. The highest BCUT2D eigenvalue weighted by atomic mass is 16.3. The van der Waals surface area contributed by atoms with Gasteiger partial charge in [0.2, 0.25) is 0 Å². The summed E-state index contributed by atoms with van der Waals surface area (Å²) in [5, 5.41) is 11.0. The van der Waals surface area contributed by atoms with Crippen LogP contribution in [0.1, 0.15) is 51.9 Å². The Hall–Kier alpha value is -1.33. The number of allylic oxidation sites excluding steroid dienone is 2. The molecule has 23 heavy (non-hydrogen) atoms. The van der Waals surface area contributed by atoms with Crippen molar-refractivity contribution < 1.29 is 9.90 Å². The number of rotatable bonds is 0. The van der Waals surface area contributed by atoms with Gasteiger partial charge in [-0.15, -0.1) is 6.42 Å². The van der Waals surface area contributed by atoms with Crippen LogP contribution in [0.2, 0.25) is 0 Å². The Morgan fingerprint density at radius 1 is 1.35 bits per heavy atom. The highest BCUT2D eigenvalue weighted by Crippen LogP contribution is 2.65. The summed E-state index contributed by atoms with van der Waals surface area (Å²) in [5.74, 6) is 5.05. The Morgan fingerprint density at radius 2 is 2.13 bits per heavy atom. The Balaban J connectivity index is 1.72. The van der Waals surface area contributed by atoms with E-state index in [4.69, 9.17) is 6.42 Å². The van der Waals surface area contributed by atoms with Gasteiger partial charge in [-0.1, -0.05) is 30.6 Å². The van der Waals surface area contributed by atoms with Crippen LogP contribution < -0.4 is 0 Å². The summed E-state index contributed by atoms with van der Waals surface area (Å²) in [6.45, 7) is 6.60. The van der Waals surface area contributed by atoms with Crippen molar-refractivity contribution in [3.8, 4) is 12.3 Å². The summed E-state index contributed by atoms with van der Waals surface area (Å²) in [7, 11) is 0. The zero-order valence-corrected chi connectivity index (χ0v) is 14.0. The van der Waals surface area contributed by atoms with Gasteiger partial charge >= 0.3 is 0 Å². The largest absolute Gasteiger partial charge is 0.377 e. The first kappa shape index (κ1) is 15.2. The minimum absolute atomic E-state index is 0.230. The number of aliphatic hydroxyl groups is 1. The van der Waals surface area contributed by atoms with Gasteiger partial charge in [0.1, 0.15) is 5.60 Å². The van der Waals surface area contributed by atoms with E-state index in [9.17, 15) is 9.90 Å². The van der Waals surface area contributed by atoms with E-state index in [1.54, 1.807) is 0 Å². The Labute approximate surface area is 139 Å². The lowest BCUT2D eigenvalue weighted by Crippen LogP contribution is -2.52. The van der Waals surface area contributed by atoms with E-state index in [0.717, 1.165) is 32.1 Å². The lowest BCUT2D eigenvalue weighted by molar-refractivity contribution is -0.116. The molecular formula is C21H26O2. The summed E-state index contributed by atoms with van der Waals surface area (Å²) >= 11 is 0. The number of carbonyl (C=O) groups is 1. The average molecular weight is 310 g/mol. The molecule has 0 aliphatic heterocycles. The fraction of sp³-hybridized carbons (Fsp3) is 0.667. The molecule has 3 saturated carbocycles. The van der Waals surface area contributed by atoms with Crippen molar-refractivity contribution in [2.45, 2.75) is 57.5 Å². The summed E-state index contributed by atoms with van der Waals surface area (Å²) < 4.78 is 0. The summed E-state index contributed by atoms with van der Waals surface area (Å²) in [5.41, 5.74) is 1.40. The predicted molar refractivity (Wildman–Crippen MR) is 90.4 cm³/mol. The van der Waals surface area contributed by atoms with Crippen molar-refractivity contribution in [1.29, 1.82) is 0 Å². The maximum absolute atomic E-state index is 11.8. The molecule has 0 saturated heterocycles. The molecule has 0 bridgehead atoms. The number of ketones is 1. The Morgan fingerprint density at radius 3 is 2.87 bits per heavy atom. The van der Waals surface area contributed by atoms with Crippen LogP contribution in [-0.2, 0) is 4.79 Å². The second kappa shape index (κ2) is 4.84. The van der Waals surface area contributed by atoms with E-state index >= 15 is 0 Å². The molecule has 0 aromatic heterocycles. The molecule has 0 spiro atoms. The zero-order chi connectivity index (χ0) is 16.4. The van der Waals surface area contributed by atoms with Gasteiger partial charge in [-0.05, 0) is 68.3 Å². The first-order valence-electron chi connectivity index (χ1n) is 9.01. The summed E-state index contributed by atoms with van der Waals surface area (Å²) in [6.07, 6.45) is 14.0. The third-order valence-corrected chi connectivity index (χ3v) is 7.59. The van der Waals surface area contributed by atoms with Crippen molar-refractivity contribution in [1.82, 2.24) is 0 Å². The van der Waals surface area contributed by atoms with E-state index in [2.05, 4.69) is 19.4 Å². The first-order valence-corrected chi connectivity index (χ1v) is 9.01. The maximum Gasteiger partial charge on any atom is 0.155 e. The van der Waals surface area contributed by atoms with Crippen molar-refractivity contribution in [2.75, 3.05) is 0 Å². The van der Waals surface area contributed by atoms with E-state index < -0.39 is 5.60 Å². The molecule has 2 heteroatoms. The number of hydrogen-bond donors (Lipinski definition) is 1. The normalized spacial score (nSPS) is 48.8. The molecule has 4 aliphatic carbocycles. The van der Waals surface area contributed by atoms with Crippen molar-refractivity contribution in [2.24, 2.45) is 29.1 Å². The third kappa shape index (κ3) is 1.89. The molecule has 0 aromatic carbocycles. The monoisotopic (exact) mass is 310 g/mol. The number of carbonyl (C=O) groups excluding carboxylic acids is 1. The molecule has 0 aromatic rings. The SMILES string of the molecule is C#CC1(O)CCC2C3CCC4=CC(=O)CCC4C3C(=C)CC21C. The highest BCUT2D eigenvalue weighted by Gasteiger charge is 2.62. The van der Waals surface area contributed by atoms with Crippen molar-refractivity contribution in [3.63, 3.8) is 0 Å². The number of hydrogen-bond acceptors (Lipinski definition) is 2. The van der Waals surface area contributed by atoms with Crippen LogP contribution in [0, 0.1) is 41.4 Å². The predicted octanol–water partition coefficient (Wildman–Crippen LogP) is 3.66. The van der Waals surface area contributed by atoms with Gasteiger partial charge in [0.15, 0.2) is 5.78 Å². The second-order valence-corrected chi connectivity index (χ2v) is 8.46. The van der Waals surface area contributed by atoms with Crippen LogP contribution in [0.3, 0.4) is 0 Å². The van der Waals surface area contributed by atoms with Gasteiger partial charge in [0, 0.05) is 11.8 Å². The smallest absolute Gasteiger partial charge is 0.155 e. The molecule has 3 fully saturated rings. The van der Waals surface area contributed by atoms with Crippen LogP contribution in [0.25, 0.3) is 0 Å². The molecule has 122 valence electrons. The first-order chi connectivity index (χ1) is 10.9. The fourth-order valence-corrected chi connectivity index (χ4v) is 6.45. The molecule has 2 nitrogen and oxygen atoms in total. The van der Waals surface area contributed by atoms with Gasteiger partial charge in [0.25, 0.3) is 0 Å². The fourth-order valence-electron chi connectivity index (χ4n) is 6.45. The molecule has 6 unspecified atom stereocenters. The standard InChI is InChI=1S/C21H26O2/c1-4-21(23)10-9-18-17-7-5-14-11-15(22)6-8-16(14)19(17)13(2)12-20(18,21)3/h1,11,16-19,23H,2,5-10,12H2,3H3. The van der Waals surface area contributed by atoms with Gasteiger partial charge < -0.3 is 5.11 Å². The van der Waals surface area contributed by atoms with Gasteiger partial charge in [-0.25, -0.2) is 0 Å². The molecule has 1 N–H and O–H groups in total. The zero-order valence-electron chi connectivity index (χ0n) is 14.0. The Kier molecular flexibility index (Phi) is 3.20. The molecule has 0 amide bonds. The van der Waals surface area contributed by atoms with Crippen LogP contribution in [0.15, 0.2) is 23.8 Å². The van der Waals surface area contributed by atoms with Crippen LogP contribution in [0.4, 0.5) is 0 Å². The Bertz CT molecular complexity index is 651. The summed E-state index contributed by atoms with van der Waals surface area (Å²) in [6, 6.07) is 0. The molecule has 0 radical (unpaired) electrons. The van der Waals surface area contributed by atoms with Crippen molar-refractivity contribution in [3.05, 3.63) is 23.8 Å². The van der Waals surface area contributed by atoms with Crippen LogP contribution >= 0.6 is 0 Å². The van der Waals surface area contributed by atoms with Gasteiger partial charge in [0.05, 0.1) is 0 Å². The quantitative estimate of drug-likeness (QED) is 0.548. The highest BCUT2D eigenvalue weighted by molar-refractivity contribution is 5.91. The molecular weight excluding hydrogens is 284 g/mol. The van der Waals surface area contributed by atoms with Crippen molar-refractivity contribution >= 4 is 5.78 Å². The number of fused-ring (bicyclic) bond motifs is 5. The molecule has 6 atom stereocenters. The summed E-state index contributed by atoms with van der Waals surface area (Å²) in [4.78, 5) is 11.8. The van der Waals surface area contributed by atoms with E-state index in [1.807, 2.05) is 6.08 Å². The number of terminal acetylenes is 1. The van der Waals surface area contributed by atoms with Crippen LogP contribution in [0.5, 0.6) is 0 Å².